The van der Waals surface area contributed by atoms with Crippen LogP contribution in [0.25, 0.3) is 17.0 Å². The molecule has 1 aromatic carbocycles. The van der Waals surface area contributed by atoms with E-state index in [1.807, 2.05) is 18.2 Å². The maximum atomic E-state index is 12.6. The summed E-state index contributed by atoms with van der Waals surface area (Å²) in [5.74, 6) is 0. The molecule has 184 valence electrons. The fraction of sp³-hybridized carbons (Fsp3) is 0.407. The number of hydrogen-bond donors (Lipinski definition) is 2. The van der Waals surface area contributed by atoms with Gasteiger partial charge in [0.15, 0.2) is 0 Å². The van der Waals surface area contributed by atoms with Gasteiger partial charge in [-0.2, -0.15) is 18.4 Å². The molecule has 5 nitrogen and oxygen atoms in total. The zero-order valence-electron chi connectivity index (χ0n) is 19.9. The summed E-state index contributed by atoms with van der Waals surface area (Å²) in [6, 6.07) is 10.4. The number of aromatic nitrogens is 2. The van der Waals surface area contributed by atoms with Gasteiger partial charge < -0.3 is 10.3 Å². The van der Waals surface area contributed by atoms with Crippen LogP contribution in [0.3, 0.4) is 0 Å². The number of anilines is 1. The standard InChI is InChI=1S/C27H30F3N5/c1-3-21-14-26(19(16-32-21)5-4-10-27(28,29)30)33-22-8-11-35(12-9-22)17-20-6-7-25-24(18(20)2)13-23(15-31)34-25/h3,6-7,13-14,16,22,34H,1,4-5,8-12,17H2,2H3,(H,32,33). The molecule has 8 heteroatoms. The Bertz CT molecular complexity index is 1230. The molecule has 3 aromatic rings. The summed E-state index contributed by atoms with van der Waals surface area (Å²) in [6.45, 7) is 8.56. The van der Waals surface area contributed by atoms with E-state index in [4.69, 9.17) is 5.26 Å². The van der Waals surface area contributed by atoms with Gasteiger partial charge in [-0.05, 0) is 73.6 Å². The first-order chi connectivity index (χ1) is 16.8. The van der Waals surface area contributed by atoms with Crippen molar-refractivity contribution in [3.63, 3.8) is 0 Å². The fourth-order valence-corrected chi connectivity index (χ4v) is 4.75. The Morgan fingerprint density at radius 2 is 2.03 bits per heavy atom. The molecule has 1 fully saturated rings. The number of H-pyrrole nitrogens is 1. The number of nitrogens with zero attached hydrogens (tertiary/aromatic N) is 3. The highest BCUT2D eigenvalue weighted by molar-refractivity contribution is 5.85. The number of halogens is 3. The van der Waals surface area contributed by atoms with Crippen LogP contribution in [-0.4, -0.2) is 40.2 Å². The minimum Gasteiger partial charge on any atom is -0.382 e. The lowest BCUT2D eigenvalue weighted by molar-refractivity contribution is -0.135. The van der Waals surface area contributed by atoms with E-state index in [9.17, 15) is 13.2 Å². The molecule has 0 amide bonds. The summed E-state index contributed by atoms with van der Waals surface area (Å²) in [6.07, 6.45) is 0.650. The van der Waals surface area contributed by atoms with Crippen LogP contribution >= 0.6 is 0 Å². The molecule has 0 radical (unpaired) electrons. The number of hydrogen-bond acceptors (Lipinski definition) is 4. The largest absolute Gasteiger partial charge is 0.389 e. The van der Waals surface area contributed by atoms with Crippen molar-refractivity contribution < 1.29 is 13.2 Å². The molecule has 1 saturated heterocycles. The van der Waals surface area contributed by atoms with Crippen LogP contribution in [0.5, 0.6) is 0 Å². The number of aryl methyl sites for hydroxylation is 2. The van der Waals surface area contributed by atoms with Gasteiger partial charge in [0.05, 0.1) is 5.69 Å². The van der Waals surface area contributed by atoms with E-state index in [0.717, 1.165) is 54.6 Å². The van der Waals surface area contributed by atoms with E-state index in [2.05, 4.69) is 45.8 Å². The van der Waals surface area contributed by atoms with Crippen molar-refractivity contribution in [3.05, 3.63) is 65.1 Å². The zero-order chi connectivity index (χ0) is 25.0. The quantitative estimate of drug-likeness (QED) is 0.394. The minimum absolute atomic E-state index is 0.0481. The molecule has 0 spiro atoms. The summed E-state index contributed by atoms with van der Waals surface area (Å²) >= 11 is 0. The molecule has 0 bridgehead atoms. The number of pyridine rings is 1. The lowest BCUT2D eigenvalue weighted by Gasteiger charge is -2.33. The predicted molar refractivity (Wildman–Crippen MR) is 133 cm³/mol. The van der Waals surface area contributed by atoms with Crippen LogP contribution in [0.2, 0.25) is 0 Å². The number of nitrogens with one attached hydrogen (secondary N) is 2. The van der Waals surface area contributed by atoms with Gasteiger partial charge in [-0.25, -0.2) is 0 Å². The number of alkyl halides is 3. The summed E-state index contributed by atoms with van der Waals surface area (Å²) in [7, 11) is 0. The van der Waals surface area contributed by atoms with Crippen LogP contribution in [-0.2, 0) is 13.0 Å². The van der Waals surface area contributed by atoms with E-state index in [1.54, 1.807) is 12.3 Å². The molecule has 2 aromatic heterocycles. The molecule has 1 aliphatic heterocycles. The highest BCUT2D eigenvalue weighted by atomic mass is 19.4. The Labute approximate surface area is 203 Å². The van der Waals surface area contributed by atoms with Crippen molar-refractivity contribution in [2.24, 2.45) is 0 Å². The van der Waals surface area contributed by atoms with Crippen LogP contribution in [0, 0.1) is 18.3 Å². The van der Waals surface area contributed by atoms with Gasteiger partial charge >= 0.3 is 6.18 Å². The molecule has 1 aliphatic rings. The minimum atomic E-state index is -4.14. The first kappa shape index (κ1) is 24.8. The first-order valence-electron chi connectivity index (χ1n) is 11.9. The first-order valence-corrected chi connectivity index (χ1v) is 11.9. The number of nitriles is 1. The molecule has 0 saturated carbocycles. The topological polar surface area (TPSA) is 67.7 Å². The van der Waals surface area contributed by atoms with Gasteiger partial charge in [-0.1, -0.05) is 12.6 Å². The van der Waals surface area contributed by atoms with E-state index in [0.29, 0.717) is 17.8 Å². The normalized spacial score (nSPS) is 15.3. The molecule has 3 heterocycles. The molecule has 4 rings (SSSR count). The van der Waals surface area contributed by atoms with E-state index < -0.39 is 12.6 Å². The number of piperidine rings is 1. The molecule has 0 aliphatic carbocycles. The van der Waals surface area contributed by atoms with Gasteiger partial charge in [-0.3, -0.25) is 9.88 Å². The monoisotopic (exact) mass is 481 g/mol. The summed E-state index contributed by atoms with van der Waals surface area (Å²) in [4.78, 5) is 9.85. The maximum absolute atomic E-state index is 12.6. The summed E-state index contributed by atoms with van der Waals surface area (Å²) in [5.41, 5.74) is 6.38. The molecule has 2 N–H and O–H groups in total. The van der Waals surface area contributed by atoms with Crippen LogP contribution in [0.4, 0.5) is 18.9 Å². The Morgan fingerprint density at radius 3 is 2.71 bits per heavy atom. The zero-order valence-corrected chi connectivity index (χ0v) is 19.9. The maximum Gasteiger partial charge on any atom is 0.389 e. The molecule has 35 heavy (non-hydrogen) atoms. The third-order valence-corrected chi connectivity index (χ3v) is 6.77. The number of aromatic amines is 1. The third kappa shape index (κ3) is 6.23. The number of benzene rings is 1. The Hall–Kier alpha value is -3.31. The number of rotatable bonds is 8. The highest BCUT2D eigenvalue weighted by Crippen LogP contribution is 2.28. The van der Waals surface area contributed by atoms with Crippen molar-refractivity contribution >= 4 is 22.7 Å². The number of likely N-dealkylation sites (tertiary alicyclic amines) is 1. The molecular weight excluding hydrogens is 451 g/mol. The average molecular weight is 482 g/mol. The highest BCUT2D eigenvalue weighted by Gasteiger charge is 2.26. The van der Waals surface area contributed by atoms with Crippen LogP contribution < -0.4 is 5.32 Å². The van der Waals surface area contributed by atoms with E-state index in [1.165, 1.54) is 11.1 Å². The van der Waals surface area contributed by atoms with Gasteiger partial charge in [0.25, 0.3) is 0 Å². The predicted octanol–water partition coefficient (Wildman–Crippen LogP) is 6.35. The lowest BCUT2D eigenvalue weighted by atomic mass is 10.00. The summed E-state index contributed by atoms with van der Waals surface area (Å²) in [5, 5.41) is 13.8. The van der Waals surface area contributed by atoms with Gasteiger partial charge in [0.2, 0.25) is 0 Å². The Balaban J connectivity index is 1.37. The average Bonchev–Trinajstić information content (AvgIpc) is 3.26. The van der Waals surface area contributed by atoms with Gasteiger partial charge in [-0.15, -0.1) is 0 Å². The SMILES string of the molecule is C=Cc1cc(NC2CCN(Cc3ccc4[nH]c(C#N)cc4c3C)CC2)c(CCCC(F)(F)F)cn1. The number of fused-ring (bicyclic) bond motifs is 1. The third-order valence-electron chi connectivity index (χ3n) is 6.77. The second kappa shape index (κ2) is 10.5. The molecule has 0 atom stereocenters. The van der Waals surface area contributed by atoms with Gasteiger partial charge in [0, 0.05) is 54.9 Å². The van der Waals surface area contributed by atoms with E-state index in [-0.39, 0.29) is 12.5 Å². The van der Waals surface area contributed by atoms with E-state index >= 15 is 0 Å². The van der Waals surface area contributed by atoms with Crippen molar-refractivity contribution in [1.29, 1.82) is 5.26 Å². The Kier molecular flexibility index (Phi) is 7.46. The second-order valence-electron chi connectivity index (χ2n) is 9.24. The lowest BCUT2D eigenvalue weighted by Crippen LogP contribution is -2.39. The summed E-state index contributed by atoms with van der Waals surface area (Å²) < 4.78 is 37.8. The molecule has 0 unspecified atom stereocenters. The van der Waals surface area contributed by atoms with Gasteiger partial charge in [0.1, 0.15) is 11.8 Å². The van der Waals surface area contributed by atoms with Crippen molar-refractivity contribution in [2.75, 3.05) is 18.4 Å². The van der Waals surface area contributed by atoms with Crippen molar-refractivity contribution in [1.82, 2.24) is 14.9 Å². The fourth-order valence-electron chi connectivity index (χ4n) is 4.75. The smallest absolute Gasteiger partial charge is 0.382 e. The second-order valence-corrected chi connectivity index (χ2v) is 9.24. The Morgan fingerprint density at radius 1 is 1.26 bits per heavy atom. The van der Waals surface area contributed by atoms with Crippen molar-refractivity contribution in [2.45, 2.75) is 57.8 Å². The van der Waals surface area contributed by atoms with Crippen LogP contribution in [0.15, 0.2) is 37.0 Å². The van der Waals surface area contributed by atoms with Crippen molar-refractivity contribution in [3.8, 4) is 6.07 Å². The molecular formula is C27H30F3N5. The van der Waals surface area contributed by atoms with Crippen LogP contribution in [0.1, 0.15) is 53.8 Å².